The molecule has 178 valence electrons. The number of hydrogen-bond donors (Lipinski definition) is 3. The van der Waals surface area contributed by atoms with Crippen LogP contribution in [0.2, 0.25) is 0 Å². The lowest BCUT2D eigenvalue weighted by atomic mass is 10.0. The van der Waals surface area contributed by atoms with Crippen LogP contribution in [-0.4, -0.2) is 66.0 Å². The number of nitro groups is 1. The Bertz CT molecular complexity index is 1180. The number of aryl methyl sites for hydroxylation is 1. The van der Waals surface area contributed by atoms with Crippen LogP contribution in [0.25, 0.3) is 0 Å². The molecule has 2 atom stereocenters. The molecule has 1 fully saturated rings. The number of nitro benzene ring substituents is 1. The van der Waals surface area contributed by atoms with E-state index in [0.29, 0.717) is 28.0 Å². The lowest BCUT2D eigenvalue weighted by molar-refractivity contribution is -0.384. The summed E-state index contributed by atoms with van der Waals surface area (Å²) < 4.78 is 5.28. The molecule has 0 aliphatic carbocycles. The number of fused-ring (bicyclic) bond motifs is 1. The maximum absolute atomic E-state index is 12.7. The molecule has 15 heteroatoms. The van der Waals surface area contributed by atoms with E-state index in [1.165, 1.54) is 52.7 Å². The summed E-state index contributed by atoms with van der Waals surface area (Å²) in [6, 6.07) is 4.22. The smallest absolute Gasteiger partial charge is 0.352 e. The van der Waals surface area contributed by atoms with E-state index in [2.05, 4.69) is 20.8 Å². The molecule has 2 aliphatic heterocycles. The first-order chi connectivity index (χ1) is 16.2. The minimum atomic E-state index is -1.22. The Morgan fingerprint density at radius 1 is 1.35 bits per heavy atom. The van der Waals surface area contributed by atoms with E-state index < -0.39 is 34.2 Å². The number of nitrogens with zero attached hydrogens (tertiary/aromatic N) is 4. The first-order valence-corrected chi connectivity index (χ1v) is 11.9. The van der Waals surface area contributed by atoms with Gasteiger partial charge in [-0.3, -0.25) is 19.8 Å². The van der Waals surface area contributed by atoms with E-state index in [1.54, 1.807) is 6.92 Å². The number of carbonyl (C=O) groups is 3. The molecule has 1 saturated heterocycles. The molecule has 3 amide bonds. The summed E-state index contributed by atoms with van der Waals surface area (Å²) in [4.78, 5) is 48.3. The zero-order valence-corrected chi connectivity index (χ0v) is 19.2. The normalized spacial score (nSPS) is 19.3. The van der Waals surface area contributed by atoms with Crippen molar-refractivity contribution in [3.63, 3.8) is 0 Å². The second kappa shape index (κ2) is 9.72. The molecule has 2 aliphatic rings. The van der Waals surface area contributed by atoms with Gasteiger partial charge in [0.15, 0.2) is 0 Å². The quantitative estimate of drug-likeness (QED) is 0.204. The van der Waals surface area contributed by atoms with Crippen LogP contribution < -0.4 is 10.6 Å². The number of hydrogen-bond acceptors (Lipinski definition) is 10. The van der Waals surface area contributed by atoms with Gasteiger partial charge >= 0.3 is 12.0 Å². The van der Waals surface area contributed by atoms with Crippen molar-refractivity contribution in [2.75, 3.05) is 11.5 Å². The molecule has 4 rings (SSSR count). The molecule has 1 aromatic heterocycles. The first kappa shape index (κ1) is 23.6. The highest BCUT2D eigenvalue weighted by Crippen LogP contribution is 2.41. The minimum absolute atomic E-state index is 0.0602. The van der Waals surface area contributed by atoms with Crippen LogP contribution in [0, 0.1) is 17.0 Å². The van der Waals surface area contributed by atoms with E-state index in [0.717, 1.165) is 0 Å². The fourth-order valence-corrected chi connectivity index (χ4v) is 5.68. The molecule has 3 N–H and O–H groups in total. The molecule has 0 spiro atoms. The second-order valence-electron chi connectivity index (χ2n) is 7.27. The highest BCUT2D eigenvalue weighted by Gasteiger charge is 2.54. The number of rotatable bonds is 8. The van der Waals surface area contributed by atoms with Crippen LogP contribution >= 0.6 is 23.5 Å². The molecule has 0 saturated carbocycles. The summed E-state index contributed by atoms with van der Waals surface area (Å²) in [5, 5.41) is 33.0. The van der Waals surface area contributed by atoms with E-state index >= 15 is 0 Å². The topological polar surface area (TPSA) is 181 Å². The fraction of sp³-hybridized carbons (Fsp3) is 0.316. The monoisotopic (exact) mass is 506 g/mol. The number of non-ortho nitro benzene ring substituents is 1. The van der Waals surface area contributed by atoms with Gasteiger partial charge in [-0.15, -0.1) is 22.0 Å². The number of benzene rings is 1. The van der Waals surface area contributed by atoms with Crippen molar-refractivity contribution in [1.82, 2.24) is 25.7 Å². The Morgan fingerprint density at radius 2 is 2.09 bits per heavy atom. The van der Waals surface area contributed by atoms with Gasteiger partial charge in [-0.1, -0.05) is 23.9 Å². The van der Waals surface area contributed by atoms with Crippen molar-refractivity contribution in [3.8, 4) is 0 Å². The van der Waals surface area contributed by atoms with E-state index in [-0.39, 0.29) is 23.7 Å². The van der Waals surface area contributed by atoms with Crippen molar-refractivity contribution in [1.29, 1.82) is 0 Å². The average Bonchev–Trinajstić information content (AvgIpc) is 3.24. The molecule has 2 aromatic rings. The molecule has 1 unspecified atom stereocenters. The maximum atomic E-state index is 12.7. The Morgan fingerprint density at radius 3 is 2.71 bits per heavy atom. The zero-order chi connectivity index (χ0) is 24.4. The molecular formula is C19H18N6O7S2. The number of nitrogens with one attached hydrogen (secondary N) is 2. The fourth-order valence-electron chi connectivity index (χ4n) is 3.39. The van der Waals surface area contributed by atoms with Gasteiger partial charge in [-0.05, 0) is 11.1 Å². The Hall–Kier alpha value is -3.59. The van der Waals surface area contributed by atoms with Gasteiger partial charge in [0.25, 0.3) is 16.8 Å². The van der Waals surface area contributed by atoms with Crippen LogP contribution in [0.5, 0.6) is 0 Å². The lowest BCUT2D eigenvalue weighted by Gasteiger charge is -2.49. The van der Waals surface area contributed by atoms with E-state index in [9.17, 15) is 29.6 Å². The van der Waals surface area contributed by atoms with Gasteiger partial charge in [0, 0.05) is 37.1 Å². The number of amides is 3. The third-order valence-corrected chi connectivity index (χ3v) is 7.26. The average molecular weight is 507 g/mol. The Kier molecular flexibility index (Phi) is 6.74. The molecular weight excluding hydrogens is 488 g/mol. The predicted octanol–water partition coefficient (Wildman–Crippen LogP) is 1.50. The summed E-state index contributed by atoms with van der Waals surface area (Å²) in [5.74, 6) is -0.723. The Labute approximate surface area is 200 Å². The number of β-lactam (4-membered cyclic amide) rings is 1. The predicted molar refractivity (Wildman–Crippen MR) is 120 cm³/mol. The van der Waals surface area contributed by atoms with Gasteiger partial charge in [0.1, 0.15) is 17.1 Å². The number of aliphatic carboxylic acids is 1. The minimum Gasteiger partial charge on any atom is -0.477 e. The Balaban J connectivity index is 1.35. The van der Waals surface area contributed by atoms with Crippen molar-refractivity contribution in [2.24, 2.45) is 0 Å². The summed E-state index contributed by atoms with van der Waals surface area (Å²) >= 11 is 2.54. The number of carbonyl (C=O) groups excluding carboxylic acids is 2. The number of carboxylic acid groups (broad SMARTS) is 1. The van der Waals surface area contributed by atoms with Gasteiger partial charge in [0.05, 0.1) is 4.92 Å². The van der Waals surface area contributed by atoms with E-state index in [4.69, 9.17) is 4.42 Å². The highest BCUT2D eigenvalue weighted by atomic mass is 32.2. The first-order valence-electron chi connectivity index (χ1n) is 9.85. The summed E-state index contributed by atoms with van der Waals surface area (Å²) in [6.07, 6.45) is 0. The van der Waals surface area contributed by atoms with Crippen molar-refractivity contribution in [2.45, 2.75) is 30.1 Å². The molecule has 13 nitrogen and oxygen atoms in total. The largest absolute Gasteiger partial charge is 0.477 e. The SMILES string of the molecule is Cc1nnc(SCC2=C(C(=O)O)N3C(=O)C(NC(=O)NCc4ccc([N+](=O)[O-])cc4)[C@H]3SC2)o1. The van der Waals surface area contributed by atoms with E-state index in [1.807, 2.05) is 0 Å². The standard InChI is InChI=1S/C19H18N6O7S2/c1-9-22-23-19(32-9)34-8-11-7-33-16-13(15(26)24(16)14(11)17(27)28)21-18(29)20-6-10-2-4-12(5-3-10)25(30)31/h2-5,13,16H,6-8H2,1H3,(H,27,28)(H2,20,21,29)/t13?,16-/m1/s1. The molecule has 1 aromatic carbocycles. The van der Waals surface area contributed by atoms with Crippen LogP contribution in [0.4, 0.5) is 10.5 Å². The van der Waals surface area contributed by atoms with Crippen molar-refractivity contribution in [3.05, 3.63) is 57.1 Å². The van der Waals surface area contributed by atoms with Crippen LogP contribution in [-0.2, 0) is 16.1 Å². The molecule has 3 heterocycles. The van der Waals surface area contributed by atoms with Crippen LogP contribution in [0.3, 0.4) is 0 Å². The van der Waals surface area contributed by atoms with Crippen molar-refractivity contribution >= 4 is 47.1 Å². The molecule has 0 radical (unpaired) electrons. The third-order valence-electron chi connectivity index (χ3n) is 5.01. The van der Waals surface area contributed by atoms with Gasteiger partial charge in [-0.2, -0.15) is 0 Å². The maximum Gasteiger partial charge on any atom is 0.352 e. The summed E-state index contributed by atoms with van der Waals surface area (Å²) in [5.41, 5.74) is 1.03. The third kappa shape index (κ3) is 4.84. The van der Waals surface area contributed by atoms with Crippen LogP contribution in [0.15, 0.2) is 45.2 Å². The van der Waals surface area contributed by atoms with Crippen LogP contribution in [0.1, 0.15) is 11.5 Å². The number of thioether (sulfide) groups is 2. The lowest BCUT2D eigenvalue weighted by Crippen LogP contribution is -2.71. The van der Waals surface area contributed by atoms with Gasteiger partial charge in [0.2, 0.25) is 5.89 Å². The van der Waals surface area contributed by atoms with Gasteiger partial charge < -0.3 is 20.2 Å². The zero-order valence-electron chi connectivity index (χ0n) is 17.6. The number of urea groups is 1. The van der Waals surface area contributed by atoms with Gasteiger partial charge in [-0.25, -0.2) is 9.59 Å². The highest BCUT2D eigenvalue weighted by molar-refractivity contribution is 8.01. The number of aromatic nitrogens is 2. The molecule has 0 bridgehead atoms. The summed E-state index contributed by atoms with van der Waals surface area (Å²) in [6.45, 7) is 1.75. The number of carboxylic acids is 1. The summed E-state index contributed by atoms with van der Waals surface area (Å²) in [7, 11) is 0. The second-order valence-corrected chi connectivity index (χ2v) is 9.30. The molecule has 34 heavy (non-hydrogen) atoms. The van der Waals surface area contributed by atoms with Crippen molar-refractivity contribution < 1.29 is 28.8 Å².